The summed E-state index contributed by atoms with van der Waals surface area (Å²) < 4.78 is 0. The van der Waals surface area contributed by atoms with Crippen molar-refractivity contribution in [1.29, 1.82) is 0 Å². The maximum absolute atomic E-state index is 13.8. The summed E-state index contributed by atoms with van der Waals surface area (Å²) in [7, 11) is 0. The van der Waals surface area contributed by atoms with Crippen molar-refractivity contribution in [3.05, 3.63) is 59.2 Å². The Morgan fingerprint density at radius 2 is 1.79 bits per heavy atom. The normalized spacial score (nSPS) is 20.7. The Kier molecular flexibility index (Phi) is 4.45. The summed E-state index contributed by atoms with van der Waals surface area (Å²) in [6.45, 7) is 7.68. The van der Waals surface area contributed by atoms with E-state index in [1.54, 1.807) is 29.2 Å². The molecule has 2 aromatic rings. The number of para-hydroxylation sites is 1. The first-order chi connectivity index (χ1) is 13.8. The van der Waals surface area contributed by atoms with Crippen LogP contribution in [0.4, 0.5) is 11.4 Å². The maximum atomic E-state index is 13.8. The summed E-state index contributed by atoms with van der Waals surface area (Å²) in [5.41, 5.74) is 2.31. The van der Waals surface area contributed by atoms with E-state index in [-0.39, 0.29) is 36.6 Å². The monoisotopic (exact) mass is 391 g/mol. The van der Waals surface area contributed by atoms with Gasteiger partial charge >= 0.3 is 0 Å². The van der Waals surface area contributed by atoms with Crippen LogP contribution < -0.4 is 10.2 Å². The Morgan fingerprint density at radius 1 is 1.07 bits per heavy atom. The van der Waals surface area contributed by atoms with Crippen LogP contribution in [-0.2, 0) is 9.59 Å². The third kappa shape index (κ3) is 2.66. The molecule has 1 fully saturated rings. The molecule has 1 unspecified atom stereocenters. The van der Waals surface area contributed by atoms with Gasteiger partial charge in [-0.2, -0.15) is 0 Å². The van der Waals surface area contributed by atoms with Crippen LogP contribution in [-0.4, -0.2) is 34.3 Å². The predicted octanol–water partition coefficient (Wildman–Crippen LogP) is 3.63. The quantitative estimate of drug-likeness (QED) is 0.869. The number of nitrogens with zero attached hydrogens (tertiary/aromatic N) is 2. The van der Waals surface area contributed by atoms with Gasteiger partial charge in [-0.1, -0.05) is 24.3 Å². The zero-order valence-corrected chi connectivity index (χ0v) is 17.2. The molecular formula is C23H25N3O3. The molecule has 150 valence electrons. The van der Waals surface area contributed by atoms with E-state index < -0.39 is 5.66 Å². The summed E-state index contributed by atoms with van der Waals surface area (Å²) >= 11 is 0. The molecule has 1 N–H and O–H groups in total. The number of carbonyl (C=O) groups is 3. The minimum atomic E-state index is -1.37. The molecule has 6 nitrogen and oxygen atoms in total. The van der Waals surface area contributed by atoms with Gasteiger partial charge in [0.15, 0.2) is 0 Å². The second-order valence-corrected chi connectivity index (χ2v) is 8.03. The number of hydrogen-bond acceptors (Lipinski definition) is 3. The molecule has 2 aliphatic rings. The van der Waals surface area contributed by atoms with Crippen molar-refractivity contribution < 1.29 is 14.4 Å². The summed E-state index contributed by atoms with van der Waals surface area (Å²) in [5.74, 6) is -0.724. The van der Waals surface area contributed by atoms with Gasteiger partial charge in [0.05, 0.1) is 11.3 Å². The van der Waals surface area contributed by atoms with Crippen molar-refractivity contribution in [3.63, 3.8) is 0 Å². The highest BCUT2D eigenvalue weighted by Crippen LogP contribution is 2.46. The first kappa shape index (κ1) is 19.2. The molecule has 0 bridgehead atoms. The SMILES string of the molecule is Cc1cccc(NC(=O)C23CCC(=O)N2c2ccccc2C(=O)N3C(C)C)c1C. The van der Waals surface area contributed by atoms with Crippen LogP contribution in [0.25, 0.3) is 0 Å². The second kappa shape index (κ2) is 6.72. The minimum Gasteiger partial charge on any atom is -0.322 e. The molecule has 29 heavy (non-hydrogen) atoms. The van der Waals surface area contributed by atoms with E-state index in [0.29, 0.717) is 16.9 Å². The highest BCUT2D eigenvalue weighted by Gasteiger charge is 2.61. The second-order valence-electron chi connectivity index (χ2n) is 8.03. The Balaban J connectivity index is 1.88. The topological polar surface area (TPSA) is 69.7 Å². The highest BCUT2D eigenvalue weighted by atomic mass is 16.2. The highest BCUT2D eigenvalue weighted by molar-refractivity contribution is 6.18. The molecule has 0 radical (unpaired) electrons. The van der Waals surface area contributed by atoms with Gasteiger partial charge in [-0.05, 0) is 57.0 Å². The minimum absolute atomic E-state index is 0.147. The predicted molar refractivity (Wildman–Crippen MR) is 112 cm³/mol. The Hall–Kier alpha value is -3.15. The fourth-order valence-corrected chi connectivity index (χ4v) is 4.52. The first-order valence-electron chi connectivity index (χ1n) is 9.92. The summed E-state index contributed by atoms with van der Waals surface area (Å²) in [6.07, 6.45) is 0.478. The number of nitrogens with one attached hydrogen (secondary N) is 1. The molecule has 0 aliphatic carbocycles. The van der Waals surface area contributed by atoms with Crippen LogP contribution in [0.1, 0.15) is 48.2 Å². The number of carbonyl (C=O) groups excluding carboxylic acids is 3. The molecule has 2 aromatic carbocycles. The smallest absolute Gasteiger partial charge is 0.271 e. The average molecular weight is 391 g/mol. The van der Waals surface area contributed by atoms with Gasteiger partial charge in [-0.25, -0.2) is 0 Å². The molecule has 0 aromatic heterocycles. The van der Waals surface area contributed by atoms with Crippen molar-refractivity contribution in [2.24, 2.45) is 0 Å². The lowest BCUT2D eigenvalue weighted by atomic mass is 9.93. The Bertz CT molecular complexity index is 1030. The third-order valence-electron chi connectivity index (χ3n) is 6.03. The molecule has 0 spiro atoms. The number of rotatable bonds is 3. The molecule has 2 aliphatic heterocycles. The molecule has 1 saturated heterocycles. The standard InChI is InChI=1S/C23H25N3O3/c1-14(2)25-21(28)17-9-5-6-11-19(17)26-20(27)12-13-23(25,26)22(29)24-18-10-7-8-15(3)16(18)4/h5-11,14H,12-13H2,1-4H3,(H,24,29). The van der Waals surface area contributed by atoms with Crippen LogP contribution >= 0.6 is 0 Å². The van der Waals surface area contributed by atoms with Crippen LogP contribution in [0, 0.1) is 13.8 Å². The lowest BCUT2D eigenvalue weighted by molar-refractivity contribution is -0.129. The maximum Gasteiger partial charge on any atom is 0.271 e. The van der Waals surface area contributed by atoms with Crippen LogP contribution in [0.15, 0.2) is 42.5 Å². The van der Waals surface area contributed by atoms with E-state index in [0.717, 1.165) is 11.1 Å². The van der Waals surface area contributed by atoms with Crippen LogP contribution in [0.2, 0.25) is 0 Å². The lowest BCUT2D eigenvalue weighted by Crippen LogP contribution is -2.70. The van der Waals surface area contributed by atoms with Crippen LogP contribution in [0.3, 0.4) is 0 Å². The van der Waals surface area contributed by atoms with E-state index in [1.807, 2.05) is 45.9 Å². The van der Waals surface area contributed by atoms with Gasteiger partial charge in [0.2, 0.25) is 11.6 Å². The summed E-state index contributed by atoms with van der Waals surface area (Å²) in [5, 5.41) is 3.01. The first-order valence-corrected chi connectivity index (χ1v) is 9.92. The van der Waals surface area contributed by atoms with Gasteiger partial charge in [0.25, 0.3) is 11.8 Å². The van der Waals surface area contributed by atoms with Crippen molar-refractivity contribution in [1.82, 2.24) is 4.90 Å². The zero-order chi connectivity index (χ0) is 20.9. The number of aryl methyl sites for hydroxylation is 1. The molecule has 2 heterocycles. The van der Waals surface area contributed by atoms with Gasteiger partial charge in [-0.15, -0.1) is 0 Å². The van der Waals surface area contributed by atoms with Gasteiger partial charge < -0.3 is 10.2 Å². The fraction of sp³-hybridized carbons (Fsp3) is 0.348. The summed E-state index contributed by atoms with van der Waals surface area (Å²) in [6, 6.07) is 12.5. The Morgan fingerprint density at radius 3 is 2.52 bits per heavy atom. The fourth-order valence-electron chi connectivity index (χ4n) is 4.52. The van der Waals surface area contributed by atoms with Crippen LogP contribution in [0.5, 0.6) is 0 Å². The number of anilines is 2. The van der Waals surface area contributed by atoms with Crippen molar-refractivity contribution in [2.45, 2.75) is 52.2 Å². The molecule has 1 atom stereocenters. The van der Waals surface area contributed by atoms with E-state index >= 15 is 0 Å². The van der Waals surface area contributed by atoms with E-state index in [4.69, 9.17) is 0 Å². The average Bonchev–Trinajstić information content (AvgIpc) is 3.03. The summed E-state index contributed by atoms with van der Waals surface area (Å²) in [4.78, 5) is 43.2. The lowest BCUT2D eigenvalue weighted by Gasteiger charge is -2.50. The van der Waals surface area contributed by atoms with Gasteiger partial charge in [0, 0.05) is 24.6 Å². The molecule has 6 heteroatoms. The largest absolute Gasteiger partial charge is 0.322 e. The van der Waals surface area contributed by atoms with E-state index in [2.05, 4.69) is 5.32 Å². The number of benzene rings is 2. The molecule has 3 amide bonds. The van der Waals surface area contributed by atoms with Crippen molar-refractivity contribution in [2.75, 3.05) is 10.2 Å². The van der Waals surface area contributed by atoms with Crippen molar-refractivity contribution >= 4 is 29.1 Å². The number of amides is 3. The Labute approximate surface area is 170 Å². The van der Waals surface area contributed by atoms with Gasteiger partial charge in [-0.3, -0.25) is 19.3 Å². The molecule has 0 saturated carbocycles. The zero-order valence-electron chi connectivity index (χ0n) is 17.2. The van der Waals surface area contributed by atoms with Gasteiger partial charge in [0.1, 0.15) is 0 Å². The number of fused-ring (bicyclic) bond motifs is 3. The third-order valence-corrected chi connectivity index (χ3v) is 6.03. The number of hydrogen-bond donors (Lipinski definition) is 1. The molecule has 4 rings (SSSR count). The van der Waals surface area contributed by atoms with E-state index in [9.17, 15) is 14.4 Å². The van der Waals surface area contributed by atoms with E-state index in [1.165, 1.54) is 4.90 Å². The van der Waals surface area contributed by atoms with Crippen molar-refractivity contribution in [3.8, 4) is 0 Å². The molecular weight excluding hydrogens is 366 g/mol.